The molecule has 0 fully saturated rings. The molecule has 0 heterocycles. The Labute approximate surface area is 110 Å². The minimum atomic E-state index is 0.161. The molecule has 92 valence electrons. The molecule has 0 atom stereocenters. The molecule has 0 nitrogen and oxygen atoms in total. The molecule has 2 aliphatic carbocycles. The van der Waals surface area contributed by atoms with Crippen molar-refractivity contribution in [3.05, 3.63) is 64.8 Å². The van der Waals surface area contributed by atoms with Crippen LogP contribution in [0, 0.1) is 12.8 Å². The van der Waals surface area contributed by atoms with Crippen LogP contribution in [0.5, 0.6) is 0 Å². The number of rotatable bonds is 2. The van der Waals surface area contributed by atoms with E-state index in [9.17, 15) is 0 Å². The maximum atomic E-state index is 2.37. The lowest BCUT2D eigenvalue weighted by molar-refractivity contribution is 0.447. The van der Waals surface area contributed by atoms with Crippen LogP contribution in [0.4, 0.5) is 0 Å². The van der Waals surface area contributed by atoms with Crippen LogP contribution >= 0.6 is 0 Å². The van der Waals surface area contributed by atoms with E-state index in [1.807, 2.05) is 0 Å². The van der Waals surface area contributed by atoms with Gasteiger partial charge in [-0.15, -0.1) is 0 Å². The molecule has 0 bridgehead atoms. The highest BCUT2D eigenvalue weighted by atomic mass is 14.4. The summed E-state index contributed by atoms with van der Waals surface area (Å²) >= 11 is 0. The van der Waals surface area contributed by atoms with Crippen molar-refractivity contribution >= 4 is 6.08 Å². The predicted octanol–water partition coefficient (Wildman–Crippen LogP) is 4.58. The summed E-state index contributed by atoms with van der Waals surface area (Å²) in [4.78, 5) is 0. The minimum Gasteiger partial charge on any atom is -0.0795 e. The number of aryl methyl sites for hydroxylation is 1. The second-order valence-electron chi connectivity index (χ2n) is 6.01. The average Bonchev–Trinajstić information content (AvgIpc) is 2.98. The van der Waals surface area contributed by atoms with E-state index in [0.717, 1.165) is 6.42 Å². The maximum absolute atomic E-state index is 2.37. The van der Waals surface area contributed by atoms with Crippen LogP contribution in [0.25, 0.3) is 6.08 Å². The summed E-state index contributed by atoms with van der Waals surface area (Å²) < 4.78 is 0. The summed E-state index contributed by atoms with van der Waals surface area (Å²) in [6, 6.07) is 4.70. The molecule has 0 saturated heterocycles. The van der Waals surface area contributed by atoms with Crippen molar-refractivity contribution in [2.45, 2.75) is 32.6 Å². The zero-order chi connectivity index (χ0) is 12.8. The number of hydrogen-bond donors (Lipinski definition) is 0. The number of benzene rings is 1. The summed E-state index contributed by atoms with van der Waals surface area (Å²) in [6.45, 7) is 6.93. The molecule has 0 aliphatic heterocycles. The summed E-state index contributed by atoms with van der Waals surface area (Å²) in [5.74, 6) is 0.511. The highest BCUT2D eigenvalue weighted by Gasteiger charge is 2.31. The van der Waals surface area contributed by atoms with Gasteiger partial charge in [-0.25, -0.2) is 0 Å². The van der Waals surface area contributed by atoms with E-state index in [4.69, 9.17) is 0 Å². The molecule has 3 rings (SSSR count). The van der Waals surface area contributed by atoms with Crippen LogP contribution in [0.15, 0.2) is 42.5 Å². The van der Waals surface area contributed by atoms with Crippen molar-refractivity contribution in [3.63, 3.8) is 0 Å². The van der Waals surface area contributed by atoms with E-state index in [1.54, 1.807) is 0 Å². The molecule has 0 aromatic heterocycles. The fraction of sp³-hybridized carbons (Fsp3) is 0.333. The molecule has 1 aromatic carbocycles. The highest BCUT2D eigenvalue weighted by Crippen LogP contribution is 2.40. The van der Waals surface area contributed by atoms with Crippen molar-refractivity contribution < 1.29 is 0 Å². The lowest BCUT2D eigenvalue weighted by Crippen LogP contribution is -2.26. The first-order chi connectivity index (χ1) is 8.59. The first kappa shape index (κ1) is 11.5. The van der Waals surface area contributed by atoms with E-state index < -0.39 is 0 Å². The molecule has 0 spiro atoms. The Morgan fingerprint density at radius 3 is 2.56 bits per heavy atom. The molecule has 0 unspecified atom stereocenters. The third kappa shape index (κ3) is 1.68. The quantitative estimate of drug-likeness (QED) is 0.705. The fourth-order valence-electron chi connectivity index (χ4n) is 3.17. The van der Waals surface area contributed by atoms with Crippen LogP contribution in [0.2, 0.25) is 0 Å². The summed E-state index contributed by atoms with van der Waals surface area (Å²) in [6.07, 6.45) is 14.6. The molecule has 0 saturated carbocycles. The van der Waals surface area contributed by atoms with Crippen LogP contribution in [0.1, 0.15) is 36.1 Å². The van der Waals surface area contributed by atoms with Gasteiger partial charge in [0.25, 0.3) is 0 Å². The Morgan fingerprint density at radius 1 is 1.11 bits per heavy atom. The van der Waals surface area contributed by atoms with E-state index in [-0.39, 0.29) is 5.41 Å². The average molecular weight is 236 g/mol. The maximum Gasteiger partial charge on any atom is 0.00447 e. The Kier molecular flexibility index (Phi) is 2.55. The van der Waals surface area contributed by atoms with Crippen LogP contribution in [-0.4, -0.2) is 0 Å². The lowest BCUT2D eigenvalue weighted by atomic mass is 9.71. The topological polar surface area (TPSA) is 0 Å². The Balaban J connectivity index is 2.14. The van der Waals surface area contributed by atoms with Gasteiger partial charge in [-0.1, -0.05) is 68.0 Å². The Bertz CT molecular complexity index is 556. The number of hydrogen-bond acceptors (Lipinski definition) is 0. The molecular formula is C18H20. The normalized spacial score (nSPS) is 17.7. The molecule has 0 heteroatoms. The second-order valence-corrected chi connectivity index (χ2v) is 6.01. The van der Waals surface area contributed by atoms with Crippen molar-refractivity contribution in [2.24, 2.45) is 5.92 Å². The summed E-state index contributed by atoms with van der Waals surface area (Å²) in [5, 5.41) is 0. The van der Waals surface area contributed by atoms with Crippen molar-refractivity contribution in [2.75, 3.05) is 0 Å². The fourth-order valence-corrected chi connectivity index (χ4v) is 3.17. The van der Waals surface area contributed by atoms with Crippen molar-refractivity contribution in [1.82, 2.24) is 0 Å². The van der Waals surface area contributed by atoms with Gasteiger partial charge in [0.1, 0.15) is 0 Å². The largest absolute Gasteiger partial charge is 0.0795 e. The van der Waals surface area contributed by atoms with Crippen molar-refractivity contribution in [1.29, 1.82) is 0 Å². The summed E-state index contributed by atoms with van der Waals surface area (Å²) in [7, 11) is 0. The molecular weight excluding hydrogens is 216 g/mol. The van der Waals surface area contributed by atoms with Gasteiger partial charge in [0.05, 0.1) is 0 Å². The van der Waals surface area contributed by atoms with Gasteiger partial charge in [-0.3, -0.25) is 0 Å². The molecule has 1 aromatic rings. The van der Waals surface area contributed by atoms with E-state index in [0.29, 0.717) is 5.92 Å². The van der Waals surface area contributed by atoms with E-state index in [1.165, 1.54) is 22.3 Å². The molecule has 2 aliphatic rings. The minimum absolute atomic E-state index is 0.161. The van der Waals surface area contributed by atoms with Gasteiger partial charge in [-0.2, -0.15) is 0 Å². The third-order valence-electron chi connectivity index (χ3n) is 4.31. The first-order valence-corrected chi connectivity index (χ1v) is 6.74. The molecule has 0 radical (unpaired) electrons. The zero-order valence-electron chi connectivity index (χ0n) is 11.4. The first-order valence-electron chi connectivity index (χ1n) is 6.74. The van der Waals surface area contributed by atoms with E-state index in [2.05, 4.69) is 69.4 Å². The van der Waals surface area contributed by atoms with Gasteiger partial charge in [0.15, 0.2) is 0 Å². The highest BCUT2D eigenvalue weighted by molar-refractivity contribution is 5.66. The smallest absolute Gasteiger partial charge is 0.00447 e. The Morgan fingerprint density at radius 2 is 1.83 bits per heavy atom. The van der Waals surface area contributed by atoms with Crippen LogP contribution in [-0.2, 0) is 11.8 Å². The van der Waals surface area contributed by atoms with E-state index >= 15 is 0 Å². The number of allylic oxidation sites excluding steroid dienone is 5. The second kappa shape index (κ2) is 3.98. The lowest BCUT2D eigenvalue weighted by Gasteiger charge is -2.32. The molecule has 0 N–H and O–H groups in total. The number of fused-ring (bicyclic) bond motifs is 1. The zero-order valence-corrected chi connectivity index (χ0v) is 11.4. The van der Waals surface area contributed by atoms with Crippen molar-refractivity contribution in [3.8, 4) is 0 Å². The monoisotopic (exact) mass is 236 g/mol. The van der Waals surface area contributed by atoms with Gasteiger partial charge in [-0.05, 0) is 30.0 Å². The van der Waals surface area contributed by atoms with Gasteiger partial charge in [0.2, 0.25) is 0 Å². The van der Waals surface area contributed by atoms with Crippen LogP contribution in [0.3, 0.4) is 0 Å². The molecule has 18 heavy (non-hydrogen) atoms. The SMILES string of the molecule is Cc1cc2c(c(C(C)(C)C3C=CC=C3)c1)C=CC2. The standard InChI is InChI=1S/C18H20/c1-13-11-14-7-6-10-16(14)17(12-13)18(2,3)15-8-4-5-9-15/h4-6,8-12,15H,7H2,1-3H3. The van der Waals surface area contributed by atoms with Gasteiger partial charge in [0, 0.05) is 11.3 Å². The van der Waals surface area contributed by atoms with Gasteiger partial charge >= 0.3 is 0 Å². The molecule has 0 amide bonds. The Hall–Kier alpha value is -1.56. The predicted molar refractivity (Wildman–Crippen MR) is 78.7 cm³/mol. The summed E-state index contributed by atoms with van der Waals surface area (Å²) in [5.41, 5.74) is 5.98. The third-order valence-corrected chi connectivity index (χ3v) is 4.31. The van der Waals surface area contributed by atoms with Gasteiger partial charge < -0.3 is 0 Å². The van der Waals surface area contributed by atoms with Crippen LogP contribution < -0.4 is 0 Å².